The average molecular weight is 563 g/mol. The smallest absolute Gasteiger partial charge is 0.242 e. The highest BCUT2D eigenvalue weighted by Gasteiger charge is 2.28. The van der Waals surface area contributed by atoms with E-state index in [4.69, 9.17) is 16.3 Å². The van der Waals surface area contributed by atoms with Gasteiger partial charge in [-0.25, -0.2) is 8.42 Å². The number of aryl methyl sites for hydroxylation is 1. The van der Waals surface area contributed by atoms with E-state index in [1.807, 2.05) is 18.2 Å². The van der Waals surface area contributed by atoms with Crippen LogP contribution in [0, 0.1) is 6.92 Å². The first kappa shape index (κ1) is 28.0. The number of methoxy groups -OCH3 is 1. The summed E-state index contributed by atoms with van der Waals surface area (Å²) in [5.41, 5.74) is 2.22. The molecule has 4 rings (SSSR count). The van der Waals surface area contributed by atoms with E-state index in [0.717, 1.165) is 5.56 Å². The van der Waals surface area contributed by atoms with Crippen molar-refractivity contribution in [1.29, 1.82) is 0 Å². The maximum Gasteiger partial charge on any atom is 0.242 e. The van der Waals surface area contributed by atoms with E-state index in [0.29, 0.717) is 21.9 Å². The van der Waals surface area contributed by atoms with E-state index < -0.39 is 22.0 Å². The minimum Gasteiger partial charge on any atom is -0.496 e. The van der Waals surface area contributed by atoms with Gasteiger partial charge in [-0.3, -0.25) is 9.59 Å². The van der Waals surface area contributed by atoms with Crippen LogP contribution < -0.4 is 14.8 Å². The first-order valence-electron chi connectivity index (χ1n) is 12.1. The molecule has 9 heteroatoms. The number of rotatable bonds is 10. The minimum absolute atomic E-state index is 0.00176. The molecular weight excluding hydrogens is 536 g/mol. The van der Waals surface area contributed by atoms with Crippen molar-refractivity contribution in [2.75, 3.05) is 12.4 Å². The number of ketones is 1. The van der Waals surface area contributed by atoms with E-state index >= 15 is 0 Å². The lowest BCUT2D eigenvalue weighted by molar-refractivity contribution is -0.117. The molecule has 7 nitrogen and oxygen atoms in total. The van der Waals surface area contributed by atoms with E-state index in [-0.39, 0.29) is 28.4 Å². The second-order valence-electron chi connectivity index (χ2n) is 8.87. The van der Waals surface area contributed by atoms with Crippen LogP contribution in [-0.4, -0.2) is 33.3 Å². The first-order valence-corrected chi connectivity index (χ1v) is 13.9. The molecule has 200 valence electrons. The summed E-state index contributed by atoms with van der Waals surface area (Å²) in [5.74, 6) is -0.412. The van der Waals surface area contributed by atoms with Gasteiger partial charge in [0.1, 0.15) is 11.8 Å². The molecule has 0 aliphatic carbocycles. The minimum atomic E-state index is -4.09. The van der Waals surface area contributed by atoms with Crippen molar-refractivity contribution in [3.8, 4) is 5.75 Å². The van der Waals surface area contributed by atoms with Gasteiger partial charge in [-0.2, -0.15) is 4.72 Å². The molecule has 0 bridgehead atoms. The van der Waals surface area contributed by atoms with Gasteiger partial charge in [-0.15, -0.1) is 0 Å². The molecule has 4 aromatic rings. The quantitative estimate of drug-likeness (QED) is 0.251. The van der Waals surface area contributed by atoms with Crippen LogP contribution in [0.5, 0.6) is 5.75 Å². The highest BCUT2D eigenvalue weighted by atomic mass is 35.5. The number of sulfonamides is 1. The van der Waals surface area contributed by atoms with E-state index in [9.17, 15) is 18.0 Å². The number of ether oxygens (including phenoxy) is 1. The standard InChI is InChI=1S/C30H27ClN2O5S/c1-20-17-24(14-16-28(20)38-2)39(36,37)33-27(18-21-9-5-3-6-10-21)30(35)32-26-15-13-23(31)19-25(26)29(34)22-11-7-4-8-12-22/h3-17,19,27,33H,18H2,1-2H3,(H,32,35)/t27-/m0/s1. The van der Waals surface area contributed by atoms with Crippen LogP contribution in [0.15, 0.2) is 102 Å². The van der Waals surface area contributed by atoms with Crippen molar-refractivity contribution in [3.63, 3.8) is 0 Å². The zero-order valence-corrected chi connectivity index (χ0v) is 22.9. The Morgan fingerprint density at radius 1 is 0.897 bits per heavy atom. The summed E-state index contributed by atoms with van der Waals surface area (Å²) in [7, 11) is -2.59. The number of anilines is 1. The average Bonchev–Trinajstić information content (AvgIpc) is 2.94. The number of halogens is 1. The fraction of sp³-hybridized carbons (Fsp3) is 0.133. The van der Waals surface area contributed by atoms with Gasteiger partial charge < -0.3 is 10.1 Å². The Morgan fingerprint density at radius 3 is 2.21 bits per heavy atom. The predicted octanol–water partition coefficient (Wildman–Crippen LogP) is 5.42. The summed E-state index contributed by atoms with van der Waals surface area (Å²) in [6.07, 6.45) is 0.0800. The summed E-state index contributed by atoms with van der Waals surface area (Å²) in [5, 5.41) is 3.07. The molecule has 0 unspecified atom stereocenters. The zero-order valence-electron chi connectivity index (χ0n) is 21.3. The van der Waals surface area contributed by atoms with Crippen LogP contribution >= 0.6 is 11.6 Å². The molecule has 0 saturated carbocycles. The van der Waals surface area contributed by atoms with Crippen LogP contribution in [0.2, 0.25) is 5.02 Å². The second-order valence-corrected chi connectivity index (χ2v) is 11.0. The number of hydrogen-bond donors (Lipinski definition) is 2. The van der Waals surface area contributed by atoms with Crippen molar-refractivity contribution < 1.29 is 22.7 Å². The molecule has 0 radical (unpaired) electrons. The van der Waals surface area contributed by atoms with E-state index in [2.05, 4.69) is 10.0 Å². The molecule has 0 heterocycles. The Morgan fingerprint density at radius 2 is 1.56 bits per heavy atom. The maximum atomic E-state index is 13.6. The fourth-order valence-electron chi connectivity index (χ4n) is 4.09. The second kappa shape index (κ2) is 12.3. The highest BCUT2D eigenvalue weighted by Crippen LogP contribution is 2.25. The Bertz CT molecular complexity index is 1590. The largest absolute Gasteiger partial charge is 0.496 e. The number of amides is 1. The number of benzene rings is 4. The lowest BCUT2D eigenvalue weighted by Crippen LogP contribution is -2.45. The van der Waals surface area contributed by atoms with Gasteiger partial charge in [0.15, 0.2) is 5.78 Å². The SMILES string of the molecule is COc1ccc(S(=O)(=O)N[C@@H](Cc2ccccc2)C(=O)Nc2ccc(Cl)cc2C(=O)c2ccccc2)cc1C. The predicted molar refractivity (Wildman–Crippen MR) is 152 cm³/mol. The third-order valence-electron chi connectivity index (χ3n) is 6.09. The molecule has 39 heavy (non-hydrogen) atoms. The summed E-state index contributed by atoms with van der Waals surface area (Å²) >= 11 is 6.18. The maximum absolute atomic E-state index is 13.6. The van der Waals surface area contributed by atoms with Gasteiger partial charge in [0.2, 0.25) is 15.9 Å². The summed E-state index contributed by atoms with van der Waals surface area (Å²) in [4.78, 5) is 26.8. The summed E-state index contributed by atoms with van der Waals surface area (Å²) < 4.78 is 34.5. The van der Waals surface area contributed by atoms with Crippen LogP contribution in [0.3, 0.4) is 0 Å². The van der Waals surface area contributed by atoms with Crippen LogP contribution in [0.25, 0.3) is 0 Å². The van der Waals surface area contributed by atoms with Crippen LogP contribution in [0.4, 0.5) is 5.69 Å². The lowest BCUT2D eigenvalue weighted by atomic mass is 10.0. The monoisotopic (exact) mass is 562 g/mol. The third-order valence-corrected chi connectivity index (χ3v) is 7.80. The number of carbonyl (C=O) groups is 2. The molecule has 1 atom stereocenters. The van der Waals surface area contributed by atoms with Crippen LogP contribution in [0.1, 0.15) is 27.0 Å². The van der Waals surface area contributed by atoms with E-state index in [1.165, 1.54) is 31.4 Å². The van der Waals surface area contributed by atoms with Crippen molar-refractivity contribution in [2.24, 2.45) is 0 Å². The molecule has 0 fully saturated rings. The molecule has 0 spiro atoms. The van der Waals surface area contributed by atoms with Gasteiger partial charge >= 0.3 is 0 Å². The first-order chi connectivity index (χ1) is 18.7. The Balaban J connectivity index is 1.66. The molecule has 2 N–H and O–H groups in total. The molecular formula is C30H27ClN2O5S. The molecule has 4 aromatic carbocycles. The Hall–Kier alpha value is -3.98. The van der Waals surface area contributed by atoms with E-state index in [1.54, 1.807) is 61.5 Å². The van der Waals surface area contributed by atoms with Crippen LogP contribution in [-0.2, 0) is 21.2 Å². The fourth-order valence-corrected chi connectivity index (χ4v) is 5.54. The van der Waals surface area contributed by atoms with Gasteiger partial charge in [0.25, 0.3) is 0 Å². The third kappa shape index (κ3) is 6.92. The van der Waals surface area contributed by atoms with Crippen molar-refractivity contribution in [1.82, 2.24) is 4.72 Å². The highest BCUT2D eigenvalue weighted by molar-refractivity contribution is 7.89. The molecule has 0 saturated heterocycles. The van der Waals surface area contributed by atoms with Gasteiger partial charge in [-0.05, 0) is 60.9 Å². The van der Waals surface area contributed by atoms with Gasteiger partial charge in [0, 0.05) is 16.1 Å². The molecule has 0 aliphatic rings. The Labute approximate surface area is 232 Å². The molecule has 0 aromatic heterocycles. The molecule has 1 amide bonds. The summed E-state index contributed by atoms with van der Waals surface area (Å²) in [6.45, 7) is 1.73. The number of carbonyl (C=O) groups excluding carboxylic acids is 2. The number of hydrogen-bond acceptors (Lipinski definition) is 5. The number of nitrogens with one attached hydrogen (secondary N) is 2. The lowest BCUT2D eigenvalue weighted by Gasteiger charge is -2.20. The van der Waals surface area contributed by atoms with Gasteiger partial charge in [-0.1, -0.05) is 72.3 Å². The van der Waals surface area contributed by atoms with Crippen molar-refractivity contribution >= 4 is 39.0 Å². The zero-order chi connectivity index (χ0) is 28.0. The topological polar surface area (TPSA) is 102 Å². The van der Waals surface area contributed by atoms with Crippen molar-refractivity contribution in [2.45, 2.75) is 24.3 Å². The molecule has 0 aliphatic heterocycles. The summed E-state index contributed by atoms with van der Waals surface area (Å²) in [6, 6.07) is 25.5. The van der Waals surface area contributed by atoms with Gasteiger partial charge in [0.05, 0.1) is 17.7 Å². The van der Waals surface area contributed by atoms with Crippen molar-refractivity contribution in [3.05, 3.63) is 124 Å². The Kier molecular flexibility index (Phi) is 8.81. The normalized spacial score (nSPS) is 12.0.